The molecule has 1 saturated carbocycles. The molecule has 0 heterocycles. The van der Waals surface area contributed by atoms with Gasteiger partial charge in [0.1, 0.15) is 0 Å². The molecule has 0 saturated heterocycles. The van der Waals surface area contributed by atoms with E-state index in [4.69, 9.17) is 4.43 Å². The van der Waals surface area contributed by atoms with Gasteiger partial charge in [0.2, 0.25) is 8.32 Å². The molecule has 5 nitrogen and oxygen atoms in total. The number of nitrogens with zero attached hydrogens (tertiary/aromatic N) is 4. The highest BCUT2D eigenvalue weighted by Gasteiger charge is 2.68. The van der Waals surface area contributed by atoms with Crippen LogP contribution in [0.4, 0.5) is 0 Å². The maximum atomic E-state index is 9.63. The third-order valence-corrected chi connectivity index (χ3v) is 5.15. The Morgan fingerprint density at radius 2 is 1.52 bits per heavy atom. The van der Waals surface area contributed by atoms with E-state index in [1.165, 1.54) is 0 Å². The van der Waals surface area contributed by atoms with Gasteiger partial charge in [-0.2, -0.15) is 21.0 Å². The van der Waals surface area contributed by atoms with Crippen molar-refractivity contribution in [2.75, 3.05) is 0 Å². The van der Waals surface area contributed by atoms with E-state index in [-0.39, 0.29) is 0 Å². The van der Waals surface area contributed by atoms with Crippen LogP contribution >= 0.6 is 0 Å². The highest BCUT2D eigenvalue weighted by Crippen LogP contribution is 2.62. The summed E-state index contributed by atoms with van der Waals surface area (Å²) in [6.45, 7) is 6.08. The van der Waals surface area contributed by atoms with Crippen LogP contribution in [-0.4, -0.2) is 8.32 Å². The summed E-state index contributed by atoms with van der Waals surface area (Å²) >= 11 is 0. The lowest BCUT2D eigenvalue weighted by atomic mass is 9.46. The first-order valence-electron chi connectivity index (χ1n) is 6.86. The molecule has 3 rings (SSSR count). The molecule has 0 N–H and O–H groups in total. The average molecular weight is 296 g/mol. The van der Waals surface area contributed by atoms with Gasteiger partial charge in [0, 0.05) is 11.8 Å². The minimum absolute atomic E-state index is 0.428. The fraction of sp³-hybridized carbons (Fsp3) is 0.600. The van der Waals surface area contributed by atoms with E-state index >= 15 is 0 Å². The first kappa shape index (κ1) is 15.1. The summed E-state index contributed by atoms with van der Waals surface area (Å²) in [7, 11) is -1.89. The quantitative estimate of drug-likeness (QED) is 0.728. The van der Waals surface area contributed by atoms with Crippen LogP contribution in [0.3, 0.4) is 0 Å². The minimum Gasteiger partial charge on any atom is -0.547 e. The number of hydrogen-bond donors (Lipinski definition) is 0. The summed E-state index contributed by atoms with van der Waals surface area (Å²) in [5, 5.41) is 38.4. The van der Waals surface area contributed by atoms with Crippen LogP contribution in [-0.2, 0) is 4.43 Å². The summed E-state index contributed by atoms with van der Waals surface area (Å²) in [5.74, 6) is -0.290. The highest BCUT2D eigenvalue weighted by atomic mass is 28.4. The number of rotatable bonds is 2. The van der Waals surface area contributed by atoms with Crippen molar-refractivity contribution in [1.82, 2.24) is 0 Å². The Kier molecular flexibility index (Phi) is 3.33. The molecule has 21 heavy (non-hydrogen) atoms. The van der Waals surface area contributed by atoms with Crippen molar-refractivity contribution in [3.8, 4) is 24.3 Å². The number of fused-ring (bicyclic) bond motifs is 2. The normalized spacial score (nSPS) is 28.2. The predicted molar refractivity (Wildman–Crippen MR) is 76.0 cm³/mol. The smallest absolute Gasteiger partial charge is 0.241 e. The molecule has 6 heteroatoms. The zero-order chi connectivity index (χ0) is 15.9. The molecule has 2 unspecified atom stereocenters. The van der Waals surface area contributed by atoms with Crippen molar-refractivity contribution in [2.45, 2.75) is 32.5 Å². The van der Waals surface area contributed by atoms with Gasteiger partial charge in [-0.25, -0.2) is 0 Å². The summed E-state index contributed by atoms with van der Waals surface area (Å²) in [4.78, 5) is 0. The van der Waals surface area contributed by atoms with Crippen molar-refractivity contribution >= 4 is 8.32 Å². The maximum absolute atomic E-state index is 9.63. The van der Waals surface area contributed by atoms with E-state index in [0.29, 0.717) is 18.6 Å². The largest absolute Gasteiger partial charge is 0.547 e. The van der Waals surface area contributed by atoms with Crippen LogP contribution in [0.15, 0.2) is 11.8 Å². The fourth-order valence-electron chi connectivity index (χ4n) is 3.41. The first-order chi connectivity index (χ1) is 9.80. The highest BCUT2D eigenvalue weighted by molar-refractivity contribution is 6.70. The zero-order valence-electron chi connectivity index (χ0n) is 12.3. The van der Waals surface area contributed by atoms with E-state index < -0.39 is 31.0 Å². The summed E-state index contributed by atoms with van der Waals surface area (Å²) in [6.07, 6.45) is 3.05. The first-order valence-corrected chi connectivity index (χ1v) is 10.3. The lowest BCUT2D eigenvalue weighted by Gasteiger charge is -2.51. The Hall–Kier alpha value is -2.28. The molecule has 0 aliphatic heterocycles. The van der Waals surface area contributed by atoms with Crippen molar-refractivity contribution in [3.05, 3.63) is 11.8 Å². The predicted octanol–water partition coefficient (Wildman–Crippen LogP) is 2.83. The Bertz CT molecular complexity index is 634. The van der Waals surface area contributed by atoms with Crippen LogP contribution in [0, 0.1) is 68.0 Å². The topological polar surface area (TPSA) is 104 Å². The Balaban J connectivity index is 2.65. The van der Waals surface area contributed by atoms with Crippen LogP contribution < -0.4 is 0 Å². The van der Waals surface area contributed by atoms with E-state index in [0.717, 1.165) is 0 Å². The maximum Gasteiger partial charge on any atom is 0.241 e. The molecule has 3 aliphatic rings. The molecule has 3 aliphatic carbocycles. The number of allylic oxidation sites excluding steroid dienone is 2. The zero-order valence-corrected chi connectivity index (χ0v) is 13.3. The fourth-order valence-corrected chi connectivity index (χ4v) is 4.33. The Morgan fingerprint density at radius 1 is 1.00 bits per heavy atom. The van der Waals surface area contributed by atoms with Gasteiger partial charge >= 0.3 is 0 Å². The number of nitriles is 4. The van der Waals surface area contributed by atoms with E-state index in [9.17, 15) is 21.0 Å². The molecular formula is C15H16N4OSi. The van der Waals surface area contributed by atoms with Crippen molar-refractivity contribution in [2.24, 2.45) is 22.7 Å². The number of hydrogen-bond acceptors (Lipinski definition) is 5. The summed E-state index contributed by atoms with van der Waals surface area (Å²) in [5.41, 5.74) is -3.26. The summed E-state index contributed by atoms with van der Waals surface area (Å²) < 4.78 is 6.03. The van der Waals surface area contributed by atoms with Crippen LogP contribution in [0.1, 0.15) is 12.8 Å². The van der Waals surface area contributed by atoms with Crippen LogP contribution in [0.2, 0.25) is 19.6 Å². The SMILES string of the molecule is C[Si](C)(C)OC1=CC2CCC1C(C#N)(C#N)C2(C#N)C#N. The van der Waals surface area contributed by atoms with Crippen LogP contribution in [0.25, 0.3) is 0 Å². The van der Waals surface area contributed by atoms with Crippen LogP contribution in [0.5, 0.6) is 0 Å². The van der Waals surface area contributed by atoms with E-state index in [2.05, 4.69) is 0 Å². The Morgan fingerprint density at radius 3 is 1.95 bits per heavy atom. The monoisotopic (exact) mass is 296 g/mol. The van der Waals surface area contributed by atoms with Crippen molar-refractivity contribution in [3.63, 3.8) is 0 Å². The molecule has 2 bridgehead atoms. The molecule has 106 valence electrons. The van der Waals surface area contributed by atoms with Gasteiger partial charge in [-0.05, 0) is 38.6 Å². The molecular weight excluding hydrogens is 280 g/mol. The van der Waals surface area contributed by atoms with Gasteiger partial charge in [0.15, 0.2) is 10.8 Å². The van der Waals surface area contributed by atoms with Gasteiger partial charge in [-0.15, -0.1) is 0 Å². The standard InChI is InChI=1S/C15H16N4OSi/c1-21(2,3)20-13-6-11-4-5-12(13)15(9-18,10-19)14(11,7-16)8-17/h6,11-12H,4-5H2,1-3H3. The lowest BCUT2D eigenvalue weighted by molar-refractivity contribution is 0.0513. The molecule has 0 amide bonds. The van der Waals surface area contributed by atoms with Crippen molar-refractivity contribution < 1.29 is 4.43 Å². The van der Waals surface area contributed by atoms with Gasteiger partial charge in [-0.1, -0.05) is 0 Å². The van der Waals surface area contributed by atoms with Gasteiger partial charge < -0.3 is 4.43 Å². The third-order valence-electron chi connectivity index (χ3n) is 4.31. The average Bonchev–Trinajstić information content (AvgIpc) is 2.45. The second-order valence-corrected chi connectivity index (χ2v) is 11.0. The van der Waals surface area contributed by atoms with Crippen molar-refractivity contribution in [1.29, 1.82) is 21.0 Å². The van der Waals surface area contributed by atoms with E-state index in [1.807, 2.05) is 50.0 Å². The molecule has 0 spiro atoms. The molecule has 2 atom stereocenters. The van der Waals surface area contributed by atoms with Gasteiger partial charge in [0.25, 0.3) is 0 Å². The van der Waals surface area contributed by atoms with Gasteiger partial charge in [-0.3, -0.25) is 0 Å². The molecule has 0 aromatic carbocycles. The third kappa shape index (κ3) is 1.84. The lowest BCUT2D eigenvalue weighted by Crippen LogP contribution is -2.56. The second kappa shape index (κ2) is 4.63. The molecule has 0 aromatic heterocycles. The minimum atomic E-state index is -1.89. The molecule has 0 radical (unpaired) electrons. The Labute approximate surface area is 125 Å². The molecule has 0 aromatic rings. The second-order valence-electron chi connectivity index (χ2n) is 6.58. The molecule has 1 fully saturated rings. The van der Waals surface area contributed by atoms with Gasteiger partial charge in [0.05, 0.1) is 30.0 Å². The van der Waals surface area contributed by atoms with E-state index in [1.54, 1.807) is 0 Å². The summed E-state index contributed by atoms with van der Waals surface area (Å²) in [6, 6.07) is 7.95.